The molecule has 2 N–H and O–H groups in total. The molecule has 0 saturated carbocycles. The van der Waals surface area contributed by atoms with Crippen LogP contribution in [0, 0.1) is 5.82 Å². The Balaban J connectivity index is 1.80. The van der Waals surface area contributed by atoms with Gasteiger partial charge < -0.3 is 9.15 Å². The van der Waals surface area contributed by atoms with Gasteiger partial charge in [-0.25, -0.2) is 9.18 Å². The van der Waals surface area contributed by atoms with Gasteiger partial charge in [0.05, 0.1) is 11.8 Å². The molecule has 120 valence electrons. The molecule has 1 aromatic carbocycles. The second-order valence-corrected chi connectivity index (χ2v) is 4.62. The van der Waals surface area contributed by atoms with E-state index in [4.69, 9.17) is 16.0 Å². The lowest BCUT2D eigenvalue weighted by Crippen LogP contribution is -2.43. The highest BCUT2D eigenvalue weighted by Gasteiger charge is 2.16. The SMILES string of the molecule is O=C(COC(=O)c1ccc(Cl)cc1F)NNC(=O)c1ccco1. The fourth-order valence-corrected chi connectivity index (χ4v) is 1.65. The van der Waals surface area contributed by atoms with E-state index >= 15 is 0 Å². The highest BCUT2D eigenvalue weighted by molar-refractivity contribution is 6.30. The van der Waals surface area contributed by atoms with Crippen molar-refractivity contribution in [2.24, 2.45) is 0 Å². The van der Waals surface area contributed by atoms with Crippen LogP contribution in [0.4, 0.5) is 4.39 Å². The van der Waals surface area contributed by atoms with E-state index in [1.807, 2.05) is 5.43 Å². The molecule has 7 nitrogen and oxygen atoms in total. The van der Waals surface area contributed by atoms with Crippen LogP contribution in [0.2, 0.25) is 5.02 Å². The first-order chi connectivity index (χ1) is 11.0. The molecule has 0 aliphatic heterocycles. The molecule has 0 aliphatic carbocycles. The third-order valence-corrected chi connectivity index (χ3v) is 2.78. The van der Waals surface area contributed by atoms with Crippen molar-refractivity contribution in [1.82, 2.24) is 10.9 Å². The number of hydrogen-bond donors (Lipinski definition) is 2. The molecule has 0 radical (unpaired) electrons. The predicted octanol–water partition coefficient (Wildman–Crippen LogP) is 1.69. The molecular formula is C14H10ClFN2O5. The van der Waals surface area contributed by atoms with Crippen molar-refractivity contribution in [3.63, 3.8) is 0 Å². The number of furan rings is 1. The van der Waals surface area contributed by atoms with Gasteiger partial charge in [-0.2, -0.15) is 0 Å². The summed E-state index contributed by atoms with van der Waals surface area (Å²) >= 11 is 5.56. The van der Waals surface area contributed by atoms with Crippen LogP contribution in [-0.2, 0) is 9.53 Å². The smallest absolute Gasteiger partial charge is 0.341 e. The molecule has 0 unspecified atom stereocenters. The first-order valence-electron chi connectivity index (χ1n) is 6.22. The summed E-state index contributed by atoms with van der Waals surface area (Å²) in [5.41, 5.74) is 3.70. The molecule has 0 fully saturated rings. The summed E-state index contributed by atoms with van der Waals surface area (Å²) in [5.74, 6) is -3.41. The average Bonchev–Trinajstić information content (AvgIpc) is 3.04. The summed E-state index contributed by atoms with van der Waals surface area (Å²) in [7, 11) is 0. The van der Waals surface area contributed by atoms with Gasteiger partial charge in [0.15, 0.2) is 12.4 Å². The van der Waals surface area contributed by atoms with Gasteiger partial charge in [-0.05, 0) is 30.3 Å². The normalized spacial score (nSPS) is 10.0. The second kappa shape index (κ2) is 7.41. The summed E-state index contributed by atoms with van der Waals surface area (Å²) in [5, 5.41) is 0.123. The maximum absolute atomic E-state index is 13.5. The van der Waals surface area contributed by atoms with Crippen molar-refractivity contribution in [2.75, 3.05) is 6.61 Å². The Hall–Kier alpha value is -2.87. The third-order valence-electron chi connectivity index (χ3n) is 2.55. The van der Waals surface area contributed by atoms with E-state index in [1.54, 1.807) is 0 Å². The predicted molar refractivity (Wildman–Crippen MR) is 76.0 cm³/mol. The minimum atomic E-state index is -1.04. The topological polar surface area (TPSA) is 97.6 Å². The van der Waals surface area contributed by atoms with Crippen molar-refractivity contribution in [3.8, 4) is 0 Å². The van der Waals surface area contributed by atoms with Crippen molar-refractivity contribution in [1.29, 1.82) is 0 Å². The zero-order valence-corrected chi connectivity index (χ0v) is 12.2. The number of halogens is 2. The second-order valence-electron chi connectivity index (χ2n) is 4.18. The molecule has 2 aromatic rings. The van der Waals surface area contributed by atoms with Gasteiger partial charge >= 0.3 is 11.9 Å². The summed E-state index contributed by atoms with van der Waals surface area (Å²) in [4.78, 5) is 34.5. The largest absolute Gasteiger partial charge is 0.459 e. The van der Waals surface area contributed by atoms with Crippen LogP contribution in [0.15, 0.2) is 41.0 Å². The van der Waals surface area contributed by atoms with E-state index < -0.39 is 30.2 Å². The van der Waals surface area contributed by atoms with Gasteiger partial charge in [0.25, 0.3) is 5.91 Å². The summed E-state index contributed by atoms with van der Waals surface area (Å²) < 4.78 is 22.9. The first-order valence-corrected chi connectivity index (χ1v) is 6.60. The Bertz CT molecular complexity index is 733. The van der Waals surface area contributed by atoms with Gasteiger partial charge in [-0.3, -0.25) is 20.4 Å². The minimum absolute atomic E-state index is 0.00877. The number of hydrazine groups is 1. The Morgan fingerprint density at radius 1 is 1.22 bits per heavy atom. The van der Waals surface area contributed by atoms with E-state index in [1.165, 1.54) is 24.5 Å². The van der Waals surface area contributed by atoms with Crippen molar-refractivity contribution < 1.29 is 27.9 Å². The monoisotopic (exact) mass is 340 g/mol. The molecule has 2 amide bonds. The molecule has 1 aromatic heterocycles. The van der Waals surface area contributed by atoms with Gasteiger partial charge in [0, 0.05) is 5.02 Å². The molecule has 0 spiro atoms. The van der Waals surface area contributed by atoms with Crippen molar-refractivity contribution in [2.45, 2.75) is 0 Å². The van der Waals surface area contributed by atoms with Crippen LogP contribution in [-0.4, -0.2) is 24.4 Å². The summed E-state index contributed by atoms with van der Waals surface area (Å²) in [6.45, 7) is -0.709. The number of hydrogen-bond acceptors (Lipinski definition) is 5. The lowest BCUT2D eigenvalue weighted by atomic mass is 10.2. The van der Waals surface area contributed by atoms with Crippen LogP contribution in [0.3, 0.4) is 0 Å². The van der Waals surface area contributed by atoms with Gasteiger partial charge in [-0.15, -0.1) is 0 Å². The first kappa shape index (κ1) is 16.5. The van der Waals surface area contributed by atoms with Crippen LogP contribution < -0.4 is 10.9 Å². The van der Waals surface area contributed by atoms with Crippen LogP contribution in [0.1, 0.15) is 20.9 Å². The van der Waals surface area contributed by atoms with E-state index in [9.17, 15) is 18.8 Å². The average molecular weight is 341 g/mol. The number of benzene rings is 1. The Kier molecular flexibility index (Phi) is 5.32. The number of carbonyl (C=O) groups is 3. The maximum Gasteiger partial charge on any atom is 0.341 e. The molecule has 0 atom stereocenters. The van der Waals surface area contributed by atoms with E-state index in [0.717, 1.165) is 12.1 Å². The van der Waals surface area contributed by atoms with Gasteiger partial charge in [0.1, 0.15) is 5.82 Å². The fourth-order valence-electron chi connectivity index (χ4n) is 1.50. The zero-order chi connectivity index (χ0) is 16.8. The Morgan fingerprint density at radius 3 is 2.65 bits per heavy atom. The molecule has 0 aliphatic rings. The highest BCUT2D eigenvalue weighted by Crippen LogP contribution is 2.15. The molecule has 2 rings (SSSR count). The maximum atomic E-state index is 13.5. The number of amides is 2. The molecule has 23 heavy (non-hydrogen) atoms. The number of rotatable bonds is 4. The van der Waals surface area contributed by atoms with Crippen LogP contribution in [0.5, 0.6) is 0 Å². The molecule has 1 heterocycles. The number of carbonyl (C=O) groups excluding carboxylic acids is 3. The quantitative estimate of drug-likeness (QED) is 0.652. The fraction of sp³-hybridized carbons (Fsp3) is 0.0714. The molecule has 0 bridgehead atoms. The van der Waals surface area contributed by atoms with E-state index in [2.05, 4.69) is 10.2 Å². The summed E-state index contributed by atoms with van der Waals surface area (Å²) in [6, 6.07) is 6.28. The number of nitrogens with one attached hydrogen (secondary N) is 2. The summed E-state index contributed by atoms with van der Waals surface area (Å²) in [6.07, 6.45) is 1.29. The number of esters is 1. The molecule has 9 heteroatoms. The van der Waals surface area contributed by atoms with Crippen molar-refractivity contribution >= 4 is 29.4 Å². The van der Waals surface area contributed by atoms with Crippen LogP contribution in [0.25, 0.3) is 0 Å². The molecular weight excluding hydrogens is 331 g/mol. The van der Waals surface area contributed by atoms with E-state index in [-0.39, 0.29) is 16.3 Å². The molecule has 0 saturated heterocycles. The van der Waals surface area contributed by atoms with Crippen molar-refractivity contribution in [3.05, 3.63) is 58.8 Å². The standard InChI is InChI=1S/C14H10ClFN2O5/c15-8-3-4-9(10(16)6-8)14(21)23-7-12(19)17-18-13(20)11-2-1-5-22-11/h1-6H,7H2,(H,17,19)(H,18,20). The number of ether oxygens (including phenoxy) is 1. The third kappa shape index (κ3) is 4.55. The lowest BCUT2D eigenvalue weighted by Gasteiger charge is -2.07. The Labute approximate surface area is 134 Å². The van der Waals surface area contributed by atoms with Gasteiger partial charge in [-0.1, -0.05) is 11.6 Å². The minimum Gasteiger partial charge on any atom is -0.459 e. The highest BCUT2D eigenvalue weighted by atomic mass is 35.5. The Morgan fingerprint density at radius 2 is 2.00 bits per heavy atom. The van der Waals surface area contributed by atoms with Gasteiger partial charge in [0.2, 0.25) is 0 Å². The van der Waals surface area contributed by atoms with E-state index in [0.29, 0.717) is 0 Å². The van der Waals surface area contributed by atoms with Crippen LogP contribution >= 0.6 is 11.6 Å². The lowest BCUT2D eigenvalue weighted by molar-refractivity contribution is -0.125. The zero-order valence-electron chi connectivity index (χ0n) is 11.5.